The molecular formula is C11H17N3O5. The van der Waals surface area contributed by atoms with Crippen LogP contribution < -0.4 is 5.32 Å². The van der Waals surface area contributed by atoms with Crippen LogP contribution in [0, 0.1) is 0 Å². The van der Waals surface area contributed by atoms with E-state index in [-0.39, 0.29) is 19.1 Å². The minimum atomic E-state index is -1.000. The lowest BCUT2D eigenvalue weighted by atomic mass is 10.5. The van der Waals surface area contributed by atoms with Gasteiger partial charge in [-0.25, -0.2) is 0 Å². The number of nitrogens with zero attached hydrogens (tertiary/aromatic N) is 2. The first-order valence-corrected chi connectivity index (χ1v) is 5.82. The van der Waals surface area contributed by atoms with Gasteiger partial charge in [0.1, 0.15) is 13.2 Å². The standard InChI is InChI=1S/C11H17N3O5/c1-2-18-5-6-19-8-10(15)12-9-3-4-14(13-9)7-11(16)17/h3-4H,2,5-8H2,1H3,(H,16,17)(H,12,13,15). The van der Waals surface area contributed by atoms with E-state index in [1.165, 1.54) is 16.9 Å². The van der Waals surface area contributed by atoms with Gasteiger partial charge >= 0.3 is 5.97 Å². The lowest BCUT2D eigenvalue weighted by molar-refractivity contribution is -0.137. The summed E-state index contributed by atoms with van der Waals surface area (Å²) < 4.78 is 11.3. The van der Waals surface area contributed by atoms with Crippen molar-refractivity contribution in [1.29, 1.82) is 0 Å². The Hall–Kier alpha value is -1.93. The molecule has 0 saturated carbocycles. The third-order valence-corrected chi connectivity index (χ3v) is 2.01. The quantitative estimate of drug-likeness (QED) is 0.611. The summed E-state index contributed by atoms with van der Waals surface area (Å²) in [7, 11) is 0. The van der Waals surface area contributed by atoms with E-state index in [1.54, 1.807) is 0 Å². The maximum absolute atomic E-state index is 11.4. The molecule has 0 saturated heterocycles. The number of carboxylic acids is 1. The predicted molar refractivity (Wildman–Crippen MR) is 65.8 cm³/mol. The fourth-order valence-electron chi connectivity index (χ4n) is 1.26. The fourth-order valence-corrected chi connectivity index (χ4v) is 1.26. The van der Waals surface area contributed by atoms with Crippen LogP contribution in [0.5, 0.6) is 0 Å². The highest BCUT2D eigenvalue weighted by atomic mass is 16.5. The van der Waals surface area contributed by atoms with Crippen molar-refractivity contribution in [3.8, 4) is 0 Å². The molecule has 1 heterocycles. The van der Waals surface area contributed by atoms with Gasteiger partial charge < -0.3 is 19.9 Å². The fraction of sp³-hybridized carbons (Fsp3) is 0.545. The van der Waals surface area contributed by atoms with E-state index in [1.807, 2.05) is 6.92 Å². The zero-order valence-corrected chi connectivity index (χ0v) is 10.7. The zero-order chi connectivity index (χ0) is 14.1. The number of carboxylic acid groups (broad SMARTS) is 1. The number of amides is 1. The molecule has 0 aromatic carbocycles. The number of hydrogen-bond donors (Lipinski definition) is 2. The summed E-state index contributed by atoms with van der Waals surface area (Å²) in [6, 6.07) is 1.51. The van der Waals surface area contributed by atoms with Crippen LogP contribution in [-0.2, 0) is 25.6 Å². The third kappa shape index (κ3) is 6.53. The van der Waals surface area contributed by atoms with E-state index in [0.717, 1.165) is 0 Å². The van der Waals surface area contributed by atoms with Gasteiger partial charge in [0.25, 0.3) is 5.91 Å². The second-order valence-electron chi connectivity index (χ2n) is 3.59. The SMILES string of the molecule is CCOCCOCC(=O)Nc1ccn(CC(=O)O)n1. The summed E-state index contributed by atoms with van der Waals surface area (Å²) in [6.45, 7) is 2.92. The molecular weight excluding hydrogens is 254 g/mol. The number of hydrogen-bond acceptors (Lipinski definition) is 5. The topological polar surface area (TPSA) is 103 Å². The minimum absolute atomic E-state index is 0.0983. The summed E-state index contributed by atoms with van der Waals surface area (Å²) in [6.07, 6.45) is 1.47. The zero-order valence-electron chi connectivity index (χ0n) is 10.7. The van der Waals surface area contributed by atoms with Crippen LogP contribution >= 0.6 is 0 Å². The molecule has 0 aliphatic carbocycles. The van der Waals surface area contributed by atoms with Crippen molar-refractivity contribution in [3.05, 3.63) is 12.3 Å². The number of ether oxygens (including phenoxy) is 2. The van der Waals surface area contributed by atoms with Gasteiger partial charge in [-0.05, 0) is 6.92 Å². The Morgan fingerprint density at radius 1 is 1.42 bits per heavy atom. The summed E-state index contributed by atoms with van der Waals surface area (Å²) in [5, 5.41) is 14.9. The molecule has 2 N–H and O–H groups in total. The molecule has 1 rings (SSSR count). The second kappa shape index (κ2) is 8.22. The first-order valence-electron chi connectivity index (χ1n) is 5.82. The number of rotatable bonds is 9. The number of carbonyl (C=O) groups excluding carboxylic acids is 1. The number of aromatic nitrogens is 2. The van der Waals surface area contributed by atoms with Crippen LogP contribution in [0.4, 0.5) is 5.82 Å². The van der Waals surface area contributed by atoms with Crippen LogP contribution in [0.3, 0.4) is 0 Å². The Kier molecular flexibility index (Phi) is 6.55. The molecule has 0 fully saturated rings. The van der Waals surface area contributed by atoms with Gasteiger partial charge in [0.05, 0.1) is 13.2 Å². The molecule has 0 bridgehead atoms. The Labute approximate surface area is 110 Å². The van der Waals surface area contributed by atoms with Gasteiger partial charge in [-0.2, -0.15) is 5.10 Å². The van der Waals surface area contributed by atoms with Crippen molar-refractivity contribution in [3.63, 3.8) is 0 Å². The minimum Gasteiger partial charge on any atom is -0.480 e. The molecule has 19 heavy (non-hydrogen) atoms. The highest BCUT2D eigenvalue weighted by Crippen LogP contribution is 2.02. The Morgan fingerprint density at radius 3 is 2.84 bits per heavy atom. The van der Waals surface area contributed by atoms with E-state index in [4.69, 9.17) is 14.6 Å². The van der Waals surface area contributed by atoms with Crippen molar-refractivity contribution in [2.45, 2.75) is 13.5 Å². The molecule has 0 unspecified atom stereocenters. The van der Waals surface area contributed by atoms with Gasteiger partial charge in [0.15, 0.2) is 5.82 Å². The van der Waals surface area contributed by atoms with Crippen LogP contribution in [0.2, 0.25) is 0 Å². The molecule has 1 amide bonds. The van der Waals surface area contributed by atoms with Gasteiger partial charge in [0, 0.05) is 18.9 Å². The summed E-state index contributed by atoms with van der Waals surface area (Å²) in [5.74, 6) is -1.06. The molecule has 0 atom stereocenters. The monoisotopic (exact) mass is 271 g/mol. The van der Waals surface area contributed by atoms with E-state index in [9.17, 15) is 9.59 Å². The molecule has 1 aromatic heterocycles. The van der Waals surface area contributed by atoms with Crippen LogP contribution in [-0.4, -0.2) is 53.2 Å². The molecule has 106 valence electrons. The summed E-state index contributed by atoms with van der Waals surface area (Å²) in [4.78, 5) is 21.9. The van der Waals surface area contributed by atoms with Crippen LogP contribution in [0.25, 0.3) is 0 Å². The van der Waals surface area contributed by atoms with Gasteiger partial charge in [-0.15, -0.1) is 0 Å². The molecule has 1 aromatic rings. The van der Waals surface area contributed by atoms with Crippen molar-refractivity contribution in [2.75, 3.05) is 31.7 Å². The average Bonchev–Trinajstić information content (AvgIpc) is 2.75. The summed E-state index contributed by atoms with van der Waals surface area (Å²) in [5.41, 5.74) is 0. The van der Waals surface area contributed by atoms with E-state index in [2.05, 4.69) is 10.4 Å². The lowest BCUT2D eigenvalue weighted by Crippen LogP contribution is -2.20. The van der Waals surface area contributed by atoms with E-state index < -0.39 is 5.97 Å². The lowest BCUT2D eigenvalue weighted by Gasteiger charge is -2.04. The van der Waals surface area contributed by atoms with E-state index >= 15 is 0 Å². The third-order valence-electron chi connectivity index (χ3n) is 2.01. The first-order chi connectivity index (χ1) is 9.11. The molecule has 0 aliphatic rings. The van der Waals surface area contributed by atoms with Crippen molar-refractivity contribution in [1.82, 2.24) is 9.78 Å². The molecule has 8 heteroatoms. The highest BCUT2D eigenvalue weighted by Gasteiger charge is 2.06. The van der Waals surface area contributed by atoms with Crippen molar-refractivity contribution < 1.29 is 24.2 Å². The molecule has 0 aliphatic heterocycles. The van der Waals surface area contributed by atoms with Crippen LogP contribution in [0.1, 0.15) is 6.92 Å². The summed E-state index contributed by atoms with van der Waals surface area (Å²) >= 11 is 0. The first kappa shape index (κ1) is 15.1. The smallest absolute Gasteiger partial charge is 0.325 e. The average molecular weight is 271 g/mol. The Balaban J connectivity index is 2.24. The Bertz CT molecular complexity index is 418. The molecule has 0 spiro atoms. The van der Waals surface area contributed by atoms with Gasteiger partial charge in [-0.1, -0.05) is 0 Å². The highest BCUT2D eigenvalue weighted by molar-refractivity contribution is 5.90. The number of nitrogens with one attached hydrogen (secondary N) is 1. The Morgan fingerprint density at radius 2 is 2.16 bits per heavy atom. The van der Waals surface area contributed by atoms with Crippen LogP contribution in [0.15, 0.2) is 12.3 Å². The largest absolute Gasteiger partial charge is 0.480 e. The normalized spacial score (nSPS) is 10.4. The predicted octanol–water partition coefficient (Wildman–Crippen LogP) is -0.0407. The number of carbonyl (C=O) groups is 2. The van der Waals surface area contributed by atoms with E-state index in [0.29, 0.717) is 25.6 Å². The maximum Gasteiger partial charge on any atom is 0.325 e. The van der Waals surface area contributed by atoms with Gasteiger partial charge in [0.2, 0.25) is 0 Å². The second-order valence-corrected chi connectivity index (χ2v) is 3.59. The van der Waals surface area contributed by atoms with Crippen molar-refractivity contribution >= 4 is 17.7 Å². The van der Waals surface area contributed by atoms with Crippen molar-refractivity contribution in [2.24, 2.45) is 0 Å². The number of anilines is 1. The molecule has 8 nitrogen and oxygen atoms in total. The maximum atomic E-state index is 11.4. The van der Waals surface area contributed by atoms with Gasteiger partial charge in [-0.3, -0.25) is 14.3 Å². The number of aliphatic carboxylic acids is 1. The molecule has 0 radical (unpaired) electrons.